The Kier molecular flexibility index (Phi) is 4.45. The van der Waals surface area contributed by atoms with E-state index in [0.717, 1.165) is 6.07 Å². The number of hydrogen-bond donors (Lipinski definition) is 2. The van der Waals surface area contributed by atoms with E-state index in [1.807, 2.05) is 0 Å². The van der Waals surface area contributed by atoms with E-state index in [9.17, 15) is 18.5 Å². The summed E-state index contributed by atoms with van der Waals surface area (Å²) in [4.78, 5) is 12.4. The average Bonchev–Trinajstić information content (AvgIpc) is 2.25. The Morgan fingerprint density at radius 1 is 1.32 bits per heavy atom. The van der Waals surface area contributed by atoms with E-state index in [2.05, 4.69) is 10.1 Å². The number of aryl methyl sites for hydroxylation is 1. The zero-order valence-corrected chi connectivity index (χ0v) is 11.9. The molecule has 0 radical (unpaired) electrons. The van der Waals surface area contributed by atoms with Gasteiger partial charge >= 0.3 is 0 Å². The van der Waals surface area contributed by atoms with Gasteiger partial charge in [-0.15, -0.1) is 4.83 Å². The van der Waals surface area contributed by atoms with Crippen molar-refractivity contribution < 1.29 is 13.3 Å². The van der Waals surface area contributed by atoms with Crippen molar-refractivity contribution in [3.05, 3.63) is 27.8 Å². The van der Waals surface area contributed by atoms with E-state index in [1.165, 1.54) is 32.2 Å². The Hall–Kier alpha value is -1.71. The van der Waals surface area contributed by atoms with E-state index in [0.29, 0.717) is 5.56 Å². The summed E-state index contributed by atoms with van der Waals surface area (Å²) >= 11 is 0. The first-order valence-corrected chi connectivity index (χ1v) is 6.84. The number of sulfonamides is 1. The molecule has 19 heavy (non-hydrogen) atoms. The smallest absolute Gasteiger partial charge is 0.293 e. The molecule has 106 valence electrons. The number of nitrogens with zero attached hydrogens (tertiary/aromatic N) is 2. The molecule has 0 atom stereocenters. The molecule has 2 N–H and O–H groups in total. The summed E-state index contributed by atoms with van der Waals surface area (Å²) in [7, 11) is 0.742. The minimum absolute atomic E-state index is 0.119. The fraction of sp³-hybridized carbons (Fsp3) is 0.400. The van der Waals surface area contributed by atoms with Crippen LogP contribution in [0.5, 0.6) is 0 Å². The van der Waals surface area contributed by atoms with Crippen molar-refractivity contribution in [2.75, 3.05) is 26.5 Å². The molecule has 0 heterocycles. The van der Waals surface area contributed by atoms with Crippen molar-refractivity contribution in [2.24, 2.45) is 0 Å². The normalized spacial score (nSPS) is 11.6. The molecule has 0 aliphatic heterocycles. The van der Waals surface area contributed by atoms with Crippen LogP contribution in [0.3, 0.4) is 0 Å². The molecule has 0 bridgehead atoms. The minimum atomic E-state index is -3.83. The number of anilines is 1. The number of rotatable bonds is 5. The highest BCUT2D eigenvalue weighted by Gasteiger charge is 2.24. The van der Waals surface area contributed by atoms with Gasteiger partial charge in [-0.25, -0.2) is 13.4 Å². The summed E-state index contributed by atoms with van der Waals surface area (Å²) < 4.78 is 24.1. The Morgan fingerprint density at radius 3 is 2.32 bits per heavy atom. The molecule has 0 unspecified atom stereocenters. The lowest BCUT2D eigenvalue weighted by Crippen LogP contribution is -2.36. The van der Waals surface area contributed by atoms with Crippen molar-refractivity contribution in [3.8, 4) is 0 Å². The third-order valence-electron chi connectivity index (χ3n) is 2.35. The number of hydrazine groups is 1. The Balaban J connectivity index is 3.45. The molecular formula is C10H16N4O4S. The van der Waals surface area contributed by atoms with Crippen LogP contribution in [0, 0.1) is 17.0 Å². The predicted octanol–water partition coefficient (Wildman–Crippen LogP) is 0.700. The molecule has 8 nitrogen and oxygen atoms in total. The van der Waals surface area contributed by atoms with Crippen molar-refractivity contribution in [3.63, 3.8) is 0 Å². The van der Waals surface area contributed by atoms with Gasteiger partial charge in [0.1, 0.15) is 5.69 Å². The predicted molar refractivity (Wildman–Crippen MR) is 71.4 cm³/mol. The highest BCUT2D eigenvalue weighted by molar-refractivity contribution is 7.89. The number of nitrogens with one attached hydrogen (secondary N) is 2. The second kappa shape index (κ2) is 5.51. The highest BCUT2D eigenvalue weighted by Crippen LogP contribution is 2.30. The van der Waals surface area contributed by atoms with Crippen LogP contribution in [0.15, 0.2) is 17.0 Å². The molecule has 0 spiro atoms. The summed E-state index contributed by atoms with van der Waals surface area (Å²) in [6.45, 7) is 1.58. The van der Waals surface area contributed by atoms with E-state index in [1.54, 1.807) is 6.92 Å². The fourth-order valence-corrected chi connectivity index (χ4v) is 2.94. The van der Waals surface area contributed by atoms with Crippen molar-refractivity contribution in [1.29, 1.82) is 0 Å². The third-order valence-corrected chi connectivity index (χ3v) is 3.98. The summed E-state index contributed by atoms with van der Waals surface area (Å²) in [5.74, 6) is 0. The Morgan fingerprint density at radius 2 is 1.89 bits per heavy atom. The topological polar surface area (TPSA) is 105 Å². The average molecular weight is 288 g/mol. The number of benzene rings is 1. The highest BCUT2D eigenvalue weighted by atomic mass is 32.2. The maximum absolute atomic E-state index is 12.0. The van der Waals surface area contributed by atoms with Gasteiger partial charge in [0.2, 0.25) is 0 Å². The van der Waals surface area contributed by atoms with E-state index < -0.39 is 14.9 Å². The lowest BCUT2D eigenvalue weighted by atomic mass is 10.2. The minimum Gasteiger partial charge on any atom is -0.383 e. The van der Waals surface area contributed by atoms with Gasteiger partial charge in [0.25, 0.3) is 15.7 Å². The van der Waals surface area contributed by atoms with E-state index >= 15 is 0 Å². The molecule has 1 aromatic carbocycles. The van der Waals surface area contributed by atoms with Gasteiger partial charge in [0.05, 0.1) is 9.82 Å². The maximum Gasteiger partial charge on any atom is 0.293 e. The zero-order chi connectivity index (χ0) is 14.8. The fourth-order valence-electron chi connectivity index (χ4n) is 1.61. The molecule has 0 saturated heterocycles. The molecule has 0 aliphatic rings. The lowest BCUT2D eigenvalue weighted by Gasteiger charge is -2.15. The number of hydrogen-bond acceptors (Lipinski definition) is 6. The van der Waals surface area contributed by atoms with Crippen molar-refractivity contribution in [1.82, 2.24) is 9.84 Å². The van der Waals surface area contributed by atoms with Gasteiger partial charge in [-0.1, -0.05) is 0 Å². The quantitative estimate of drug-likeness (QED) is 0.610. The maximum atomic E-state index is 12.0. The molecule has 9 heteroatoms. The first-order valence-electron chi connectivity index (χ1n) is 5.35. The summed E-state index contributed by atoms with van der Waals surface area (Å²) in [5, 5.41) is 14.9. The van der Waals surface area contributed by atoms with Crippen LogP contribution in [0.1, 0.15) is 5.56 Å². The number of nitro groups is 1. The molecular weight excluding hydrogens is 272 g/mol. The van der Waals surface area contributed by atoms with Gasteiger partial charge in [0.15, 0.2) is 0 Å². The van der Waals surface area contributed by atoms with Gasteiger partial charge < -0.3 is 5.32 Å². The summed E-state index contributed by atoms with van der Waals surface area (Å²) in [6, 6.07) is 2.48. The summed E-state index contributed by atoms with van der Waals surface area (Å²) in [5.41, 5.74) is 0.405. The van der Waals surface area contributed by atoms with E-state index in [-0.39, 0.29) is 16.3 Å². The monoisotopic (exact) mass is 288 g/mol. The number of nitro benzene ring substituents is 1. The van der Waals surface area contributed by atoms with Gasteiger partial charge in [-0.3, -0.25) is 10.1 Å². The molecule has 0 amide bonds. The largest absolute Gasteiger partial charge is 0.383 e. The van der Waals surface area contributed by atoms with Gasteiger partial charge in [0, 0.05) is 27.2 Å². The van der Waals surface area contributed by atoms with Crippen LogP contribution in [-0.2, 0) is 10.0 Å². The Labute approximate surface area is 111 Å². The first kappa shape index (κ1) is 15.3. The van der Waals surface area contributed by atoms with Crippen LogP contribution < -0.4 is 10.1 Å². The molecule has 1 aromatic rings. The first-order chi connectivity index (χ1) is 8.69. The van der Waals surface area contributed by atoms with Crippen molar-refractivity contribution in [2.45, 2.75) is 11.8 Å². The third kappa shape index (κ3) is 3.40. The van der Waals surface area contributed by atoms with Crippen LogP contribution >= 0.6 is 0 Å². The van der Waals surface area contributed by atoms with Gasteiger partial charge in [-0.2, -0.15) is 0 Å². The Bertz CT molecular complexity index is 598. The standard InChI is InChI=1S/C10H16N4O4S/c1-7-5-8(11-2)9(14(15)16)6-10(7)19(17,18)12-13(3)4/h5-6,11-12H,1-4H3. The van der Waals surface area contributed by atoms with Crippen LogP contribution in [0.25, 0.3) is 0 Å². The summed E-state index contributed by atoms with van der Waals surface area (Å²) in [6.07, 6.45) is 0. The SMILES string of the molecule is CNc1cc(C)c(S(=O)(=O)NN(C)C)cc1[N+](=O)[O-]. The molecule has 0 aromatic heterocycles. The second-order valence-corrected chi connectivity index (χ2v) is 5.76. The molecule has 0 aliphatic carbocycles. The van der Waals surface area contributed by atoms with Crippen molar-refractivity contribution >= 4 is 21.4 Å². The van der Waals surface area contributed by atoms with E-state index in [4.69, 9.17) is 0 Å². The molecule has 0 saturated carbocycles. The molecule has 0 fully saturated rings. The van der Waals surface area contributed by atoms with Crippen LogP contribution in [-0.4, -0.2) is 39.5 Å². The second-order valence-electron chi connectivity index (χ2n) is 4.13. The lowest BCUT2D eigenvalue weighted by molar-refractivity contribution is -0.384. The van der Waals surface area contributed by atoms with Crippen LogP contribution in [0.2, 0.25) is 0 Å². The van der Waals surface area contributed by atoms with Gasteiger partial charge in [-0.05, 0) is 18.6 Å². The van der Waals surface area contributed by atoms with Crippen LogP contribution in [0.4, 0.5) is 11.4 Å². The zero-order valence-electron chi connectivity index (χ0n) is 11.1. The molecule has 1 rings (SSSR count).